The molecule has 0 saturated heterocycles. The first-order valence-corrected chi connectivity index (χ1v) is 7.72. The summed E-state index contributed by atoms with van der Waals surface area (Å²) >= 11 is 8.57. The van der Waals surface area contributed by atoms with Gasteiger partial charge < -0.3 is 5.32 Å². The van der Waals surface area contributed by atoms with Crippen molar-refractivity contribution in [2.24, 2.45) is 0 Å². The van der Waals surface area contributed by atoms with E-state index in [1.54, 1.807) is 11.3 Å². The summed E-state index contributed by atoms with van der Waals surface area (Å²) in [5, 5.41) is 12.5. The number of rotatable bonds is 3. The highest BCUT2D eigenvalue weighted by atomic mass is 79.9. The van der Waals surface area contributed by atoms with Gasteiger partial charge in [-0.25, -0.2) is 0 Å². The van der Waals surface area contributed by atoms with Crippen LogP contribution in [0.3, 0.4) is 0 Å². The summed E-state index contributed by atoms with van der Waals surface area (Å²) < 4.78 is 2.07. The summed E-state index contributed by atoms with van der Waals surface area (Å²) in [6.07, 6.45) is 0. The van der Waals surface area contributed by atoms with Crippen LogP contribution in [0.1, 0.15) is 23.4 Å². The predicted molar refractivity (Wildman–Crippen MR) is 82.9 cm³/mol. The Labute approximate surface area is 127 Å². The minimum atomic E-state index is 0.169. The second-order valence-electron chi connectivity index (χ2n) is 3.81. The standard InChI is InChI=1S/C13H10Br2N2S/c1-8(12-4-5-13(15)18-12)17-11-6-10(14)3-2-9(11)7-16/h2-6,8,17H,1H3. The number of nitriles is 1. The highest BCUT2D eigenvalue weighted by molar-refractivity contribution is 9.11. The zero-order chi connectivity index (χ0) is 13.1. The first kappa shape index (κ1) is 13.6. The van der Waals surface area contributed by atoms with Crippen LogP contribution in [-0.2, 0) is 0 Å². The van der Waals surface area contributed by atoms with Crippen LogP contribution in [0.15, 0.2) is 38.6 Å². The number of anilines is 1. The molecule has 0 saturated carbocycles. The summed E-state index contributed by atoms with van der Waals surface area (Å²) in [5.74, 6) is 0. The summed E-state index contributed by atoms with van der Waals surface area (Å²) in [7, 11) is 0. The normalized spacial score (nSPS) is 11.9. The van der Waals surface area contributed by atoms with E-state index in [2.05, 4.69) is 56.2 Å². The van der Waals surface area contributed by atoms with Crippen molar-refractivity contribution in [3.8, 4) is 6.07 Å². The molecule has 18 heavy (non-hydrogen) atoms. The molecule has 0 aliphatic carbocycles. The first-order chi connectivity index (χ1) is 8.60. The summed E-state index contributed by atoms with van der Waals surface area (Å²) in [4.78, 5) is 1.23. The topological polar surface area (TPSA) is 35.8 Å². The fraction of sp³-hybridized carbons (Fsp3) is 0.154. The van der Waals surface area contributed by atoms with E-state index in [-0.39, 0.29) is 6.04 Å². The number of thiophene rings is 1. The van der Waals surface area contributed by atoms with Crippen LogP contribution >= 0.6 is 43.2 Å². The maximum absolute atomic E-state index is 9.09. The van der Waals surface area contributed by atoms with Crippen LogP contribution in [0, 0.1) is 11.3 Å². The molecule has 2 aromatic rings. The Bertz CT molecular complexity index is 601. The van der Waals surface area contributed by atoms with Gasteiger partial charge in [-0.05, 0) is 53.2 Å². The smallest absolute Gasteiger partial charge is 0.101 e. The monoisotopic (exact) mass is 384 g/mol. The average molecular weight is 386 g/mol. The Morgan fingerprint density at radius 2 is 2.06 bits per heavy atom. The lowest BCUT2D eigenvalue weighted by Gasteiger charge is -2.15. The van der Waals surface area contributed by atoms with Gasteiger partial charge in [0.25, 0.3) is 0 Å². The highest BCUT2D eigenvalue weighted by Gasteiger charge is 2.10. The molecule has 0 spiro atoms. The van der Waals surface area contributed by atoms with Crippen LogP contribution in [0.4, 0.5) is 5.69 Å². The molecule has 1 N–H and O–H groups in total. The van der Waals surface area contributed by atoms with E-state index >= 15 is 0 Å². The number of hydrogen-bond acceptors (Lipinski definition) is 3. The molecular weight excluding hydrogens is 376 g/mol. The van der Waals surface area contributed by atoms with E-state index in [1.165, 1.54) is 4.88 Å². The van der Waals surface area contributed by atoms with E-state index in [0.717, 1.165) is 13.9 Å². The molecule has 0 radical (unpaired) electrons. The number of halogens is 2. The third kappa shape index (κ3) is 3.14. The molecule has 0 aliphatic heterocycles. The second kappa shape index (κ2) is 5.87. The van der Waals surface area contributed by atoms with Gasteiger partial charge in [-0.1, -0.05) is 15.9 Å². The Morgan fingerprint density at radius 3 is 2.67 bits per heavy atom. The van der Waals surface area contributed by atoms with Crippen LogP contribution < -0.4 is 5.32 Å². The van der Waals surface area contributed by atoms with E-state index < -0.39 is 0 Å². The van der Waals surface area contributed by atoms with Gasteiger partial charge in [0.1, 0.15) is 6.07 Å². The maximum Gasteiger partial charge on any atom is 0.101 e. The van der Waals surface area contributed by atoms with Gasteiger partial charge in [-0.3, -0.25) is 0 Å². The number of hydrogen-bond donors (Lipinski definition) is 1. The van der Waals surface area contributed by atoms with Crippen LogP contribution in [0.5, 0.6) is 0 Å². The molecule has 1 unspecified atom stereocenters. The van der Waals surface area contributed by atoms with E-state index in [0.29, 0.717) is 5.56 Å². The zero-order valence-corrected chi connectivity index (χ0v) is 13.6. The molecular formula is C13H10Br2N2S. The van der Waals surface area contributed by atoms with Gasteiger partial charge in [-0.15, -0.1) is 11.3 Å². The van der Waals surface area contributed by atoms with Gasteiger partial charge in [0.15, 0.2) is 0 Å². The van der Waals surface area contributed by atoms with Crippen molar-refractivity contribution in [3.05, 3.63) is 49.0 Å². The van der Waals surface area contributed by atoms with Gasteiger partial charge in [-0.2, -0.15) is 5.26 Å². The summed E-state index contributed by atoms with van der Waals surface area (Å²) in [6, 6.07) is 12.1. The van der Waals surface area contributed by atoms with Crippen molar-refractivity contribution >= 4 is 48.9 Å². The Morgan fingerprint density at radius 1 is 1.28 bits per heavy atom. The molecule has 92 valence electrons. The number of benzene rings is 1. The molecule has 2 nitrogen and oxygen atoms in total. The minimum absolute atomic E-state index is 0.169. The number of nitrogens with one attached hydrogen (secondary N) is 1. The summed E-state index contributed by atoms with van der Waals surface area (Å²) in [5.41, 5.74) is 1.50. The van der Waals surface area contributed by atoms with Crippen molar-refractivity contribution in [1.82, 2.24) is 0 Å². The maximum atomic E-state index is 9.09. The van der Waals surface area contributed by atoms with Crippen LogP contribution in [0.25, 0.3) is 0 Å². The van der Waals surface area contributed by atoms with Crippen LogP contribution in [-0.4, -0.2) is 0 Å². The Balaban J connectivity index is 2.24. The molecule has 0 fully saturated rings. The van der Waals surface area contributed by atoms with E-state index in [4.69, 9.17) is 5.26 Å². The van der Waals surface area contributed by atoms with Gasteiger partial charge >= 0.3 is 0 Å². The first-order valence-electron chi connectivity index (χ1n) is 5.31. The van der Waals surface area contributed by atoms with Gasteiger partial charge in [0.2, 0.25) is 0 Å². The molecule has 1 atom stereocenters. The highest BCUT2D eigenvalue weighted by Crippen LogP contribution is 2.31. The van der Waals surface area contributed by atoms with Crippen molar-refractivity contribution < 1.29 is 0 Å². The van der Waals surface area contributed by atoms with Crippen molar-refractivity contribution in [3.63, 3.8) is 0 Å². The molecule has 2 rings (SSSR count). The minimum Gasteiger partial charge on any atom is -0.377 e. The molecule has 0 bridgehead atoms. The molecule has 1 aromatic carbocycles. The van der Waals surface area contributed by atoms with Gasteiger partial charge in [0.05, 0.1) is 21.1 Å². The molecule has 5 heteroatoms. The fourth-order valence-electron chi connectivity index (χ4n) is 1.60. The lowest BCUT2D eigenvalue weighted by molar-refractivity contribution is 0.907. The lowest BCUT2D eigenvalue weighted by atomic mass is 10.1. The lowest BCUT2D eigenvalue weighted by Crippen LogP contribution is -2.06. The number of nitrogens with zero attached hydrogens (tertiary/aromatic N) is 1. The predicted octanol–water partition coefficient (Wildman–Crippen LogP) is 5.32. The third-order valence-corrected chi connectivity index (χ3v) is 4.79. The quantitative estimate of drug-likeness (QED) is 0.776. The van der Waals surface area contributed by atoms with Crippen LogP contribution in [0.2, 0.25) is 0 Å². The third-order valence-electron chi connectivity index (χ3n) is 2.49. The van der Waals surface area contributed by atoms with Crippen molar-refractivity contribution in [2.45, 2.75) is 13.0 Å². The van der Waals surface area contributed by atoms with Crippen molar-refractivity contribution in [1.29, 1.82) is 5.26 Å². The largest absolute Gasteiger partial charge is 0.377 e. The Hall–Kier alpha value is -0.830. The zero-order valence-electron chi connectivity index (χ0n) is 9.58. The van der Waals surface area contributed by atoms with Crippen molar-refractivity contribution in [2.75, 3.05) is 5.32 Å². The SMILES string of the molecule is CC(Nc1cc(Br)ccc1C#N)c1ccc(Br)s1. The Kier molecular flexibility index (Phi) is 4.44. The fourth-order valence-corrected chi connectivity index (χ4v) is 3.39. The molecule has 0 aliphatic rings. The second-order valence-corrected chi connectivity index (χ2v) is 7.22. The summed E-state index contributed by atoms with van der Waals surface area (Å²) in [6.45, 7) is 2.08. The molecule has 1 heterocycles. The average Bonchev–Trinajstić information content (AvgIpc) is 2.76. The van der Waals surface area contributed by atoms with E-state index in [1.807, 2.05) is 24.3 Å². The van der Waals surface area contributed by atoms with Gasteiger partial charge in [0, 0.05) is 9.35 Å². The van der Waals surface area contributed by atoms with E-state index in [9.17, 15) is 0 Å². The molecule has 1 aromatic heterocycles. The molecule has 0 amide bonds.